The molecule has 0 amide bonds. The molecule has 64 valence electrons. The number of nitrogens with one attached hydrogen (secondary N) is 1. The van der Waals surface area contributed by atoms with Crippen LogP contribution in [0.3, 0.4) is 0 Å². The van der Waals surface area contributed by atoms with Gasteiger partial charge in [0.1, 0.15) is 0 Å². The van der Waals surface area contributed by atoms with Crippen molar-refractivity contribution in [2.75, 3.05) is 6.54 Å². The third-order valence-corrected chi connectivity index (χ3v) is 1.52. The van der Waals surface area contributed by atoms with Gasteiger partial charge < -0.3 is 5.32 Å². The van der Waals surface area contributed by atoms with E-state index in [0.717, 1.165) is 13.0 Å². The van der Waals surface area contributed by atoms with Crippen molar-refractivity contribution in [1.82, 2.24) is 5.32 Å². The Morgan fingerprint density at radius 3 is 2.55 bits per heavy atom. The molecule has 0 aliphatic heterocycles. The fourth-order valence-electron chi connectivity index (χ4n) is 0.897. The monoisotopic (exact) mass is 154 g/mol. The molecule has 0 heterocycles. The van der Waals surface area contributed by atoms with Crippen LogP contribution in [0.1, 0.15) is 39.5 Å². The van der Waals surface area contributed by atoms with Crippen molar-refractivity contribution in [1.29, 1.82) is 5.26 Å². The van der Waals surface area contributed by atoms with Crippen molar-refractivity contribution in [2.24, 2.45) is 0 Å². The SMILES string of the molecule is CC(C)NCCCCCC#N. The molecule has 0 saturated heterocycles. The van der Waals surface area contributed by atoms with Crippen molar-refractivity contribution in [3.63, 3.8) is 0 Å². The van der Waals surface area contributed by atoms with Gasteiger partial charge in [0.25, 0.3) is 0 Å². The Balaban J connectivity index is 2.86. The molecule has 0 rings (SSSR count). The van der Waals surface area contributed by atoms with Crippen LogP contribution in [0.15, 0.2) is 0 Å². The number of hydrogen-bond acceptors (Lipinski definition) is 2. The minimum Gasteiger partial charge on any atom is -0.315 e. The van der Waals surface area contributed by atoms with Crippen molar-refractivity contribution >= 4 is 0 Å². The second-order valence-corrected chi connectivity index (χ2v) is 3.08. The highest BCUT2D eigenvalue weighted by Crippen LogP contribution is 1.97. The Hall–Kier alpha value is -0.550. The third kappa shape index (κ3) is 9.45. The van der Waals surface area contributed by atoms with E-state index < -0.39 is 0 Å². The van der Waals surface area contributed by atoms with Crippen LogP contribution in [-0.4, -0.2) is 12.6 Å². The lowest BCUT2D eigenvalue weighted by atomic mass is 10.2. The molecule has 11 heavy (non-hydrogen) atoms. The molecule has 0 bridgehead atoms. The maximum atomic E-state index is 8.25. The summed E-state index contributed by atoms with van der Waals surface area (Å²) in [5, 5.41) is 11.6. The lowest BCUT2D eigenvalue weighted by molar-refractivity contribution is 0.550. The van der Waals surface area contributed by atoms with Crippen LogP contribution < -0.4 is 5.32 Å². The molecule has 0 aromatic rings. The Morgan fingerprint density at radius 2 is 2.00 bits per heavy atom. The lowest BCUT2D eigenvalue weighted by Gasteiger charge is -2.06. The molecule has 0 aliphatic carbocycles. The van der Waals surface area contributed by atoms with Crippen molar-refractivity contribution < 1.29 is 0 Å². The molecule has 0 spiro atoms. The van der Waals surface area contributed by atoms with Crippen LogP contribution in [0.5, 0.6) is 0 Å². The van der Waals surface area contributed by atoms with Gasteiger partial charge in [-0.3, -0.25) is 0 Å². The largest absolute Gasteiger partial charge is 0.315 e. The molecule has 0 aromatic carbocycles. The Labute approximate surface area is 69.6 Å². The average Bonchev–Trinajstić information content (AvgIpc) is 1.96. The van der Waals surface area contributed by atoms with Crippen molar-refractivity contribution in [2.45, 2.75) is 45.6 Å². The van der Waals surface area contributed by atoms with Gasteiger partial charge in [0.15, 0.2) is 0 Å². The number of hydrogen-bond donors (Lipinski definition) is 1. The van der Waals surface area contributed by atoms with Gasteiger partial charge in [-0.25, -0.2) is 0 Å². The van der Waals surface area contributed by atoms with Gasteiger partial charge in [-0.2, -0.15) is 5.26 Å². The fourth-order valence-corrected chi connectivity index (χ4v) is 0.897. The van der Waals surface area contributed by atoms with Crippen LogP contribution >= 0.6 is 0 Å². The fraction of sp³-hybridized carbons (Fsp3) is 0.889. The number of nitriles is 1. The van der Waals surface area contributed by atoms with Gasteiger partial charge in [0.2, 0.25) is 0 Å². The van der Waals surface area contributed by atoms with Gasteiger partial charge in [-0.1, -0.05) is 20.3 Å². The first kappa shape index (κ1) is 10.4. The smallest absolute Gasteiger partial charge is 0.0621 e. The lowest BCUT2D eigenvalue weighted by Crippen LogP contribution is -2.23. The third-order valence-electron chi connectivity index (χ3n) is 1.52. The summed E-state index contributed by atoms with van der Waals surface area (Å²) in [4.78, 5) is 0. The summed E-state index contributed by atoms with van der Waals surface area (Å²) in [6, 6.07) is 2.74. The molecular formula is C9H18N2. The zero-order valence-corrected chi connectivity index (χ0v) is 7.56. The van der Waals surface area contributed by atoms with Gasteiger partial charge in [-0.15, -0.1) is 0 Å². The van der Waals surface area contributed by atoms with Crippen LogP contribution in [0, 0.1) is 11.3 Å². The van der Waals surface area contributed by atoms with E-state index in [1.807, 2.05) is 0 Å². The second kappa shape index (κ2) is 7.56. The Kier molecular flexibility index (Phi) is 7.18. The van der Waals surface area contributed by atoms with Crippen LogP contribution in [0.25, 0.3) is 0 Å². The van der Waals surface area contributed by atoms with E-state index >= 15 is 0 Å². The Morgan fingerprint density at radius 1 is 1.27 bits per heavy atom. The molecule has 0 radical (unpaired) electrons. The van der Waals surface area contributed by atoms with E-state index in [9.17, 15) is 0 Å². The standard InChI is InChI=1S/C9H18N2/c1-9(2)11-8-6-4-3-5-7-10/h9,11H,3-6,8H2,1-2H3. The number of rotatable bonds is 6. The molecule has 0 aromatic heterocycles. The maximum absolute atomic E-state index is 8.25. The minimum atomic E-state index is 0.589. The molecule has 1 N–H and O–H groups in total. The first-order chi connectivity index (χ1) is 5.27. The topological polar surface area (TPSA) is 35.8 Å². The zero-order chi connectivity index (χ0) is 8.53. The van der Waals surface area contributed by atoms with E-state index in [-0.39, 0.29) is 0 Å². The predicted molar refractivity (Wildman–Crippen MR) is 47.2 cm³/mol. The maximum Gasteiger partial charge on any atom is 0.0621 e. The minimum absolute atomic E-state index is 0.589. The molecule has 0 saturated carbocycles. The molecule has 0 fully saturated rings. The first-order valence-corrected chi connectivity index (χ1v) is 4.37. The summed E-state index contributed by atoms with van der Waals surface area (Å²) in [5.74, 6) is 0. The summed E-state index contributed by atoms with van der Waals surface area (Å²) >= 11 is 0. The quantitative estimate of drug-likeness (QED) is 0.594. The van der Waals surface area contributed by atoms with E-state index in [4.69, 9.17) is 5.26 Å². The van der Waals surface area contributed by atoms with Crippen molar-refractivity contribution in [3.8, 4) is 6.07 Å². The average molecular weight is 154 g/mol. The molecule has 2 nitrogen and oxygen atoms in total. The van der Waals surface area contributed by atoms with E-state index in [0.29, 0.717) is 12.5 Å². The molecule has 0 unspecified atom stereocenters. The first-order valence-electron chi connectivity index (χ1n) is 4.37. The summed E-state index contributed by atoms with van der Waals surface area (Å²) < 4.78 is 0. The molecular weight excluding hydrogens is 136 g/mol. The molecule has 2 heteroatoms. The molecule has 0 aliphatic rings. The summed E-state index contributed by atoms with van der Waals surface area (Å²) in [5.41, 5.74) is 0. The summed E-state index contributed by atoms with van der Waals surface area (Å²) in [6.45, 7) is 5.38. The summed E-state index contributed by atoms with van der Waals surface area (Å²) in [7, 11) is 0. The number of nitrogens with zero attached hydrogens (tertiary/aromatic N) is 1. The van der Waals surface area contributed by atoms with Gasteiger partial charge in [-0.05, 0) is 19.4 Å². The Bertz CT molecular complexity index is 113. The highest BCUT2D eigenvalue weighted by atomic mass is 14.9. The predicted octanol–water partition coefficient (Wildman–Crippen LogP) is 2.07. The van der Waals surface area contributed by atoms with Gasteiger partial charge >= 0.3 is 0 Å². The normalized spacial score (nSPS) is 10.0. The van der Waals surface area contributed by atoms with E-state index in [1.54, 1.807) is 0 Å². The highest BCUT2D eigenvalue weighted by Gasteiger charge is 1.91. The van der Waals surface area contributed by atoms with Gasteiger partial charge in [0.05, 0.1) is 6.07 Å². The zero-order valence-electron chi connectivity index (χ0n) is 7.56. The molecule has 0 atom stereocenters. The van der Waals surface area contributed by atoms with Crippen LogP contribution in [0.4, 0.5) is 0 Å². The van der Waals surface area contributed by atoms with E-state index in [2.05, 4.69) is 25.2 Å². The highest BCUT2D eigenvalue weighted by molar-refractivity contribution is 4.68. The number of unbranched alkanes of at least 4 members (excludes halogenated alkanes) is 3. The van der Waals surface area contributed by atoms with Crippen molar-refractivity contribution in [3.05, 3.63) is 0 Å². The second-order valence-electron chi connectivity index (χ2n) is 3.08. The van der Waals surface area contributed by atoms with Crippen LogP contribution in [0.2, 0.25) is 0 Å². The van der Waals surface area contributed by atoms with Gasteiger partial charge in [0, 0.05) is 12.5 Å². The van der Waals surface area contributed by atoms with Crippen LogP contribution in [-0.2, 0) is 0 Å². The summed E-state index contributed by atoms with van der Waals surface area (Å²) in [6.07, 6.45) is 4.13. The van der Waals surface area contributed by atoms with E-state index in [1.165, 1.54) is 12.8 Å².